The van der Waals surface area contributed by atoms with E-state index in [1.54, 1.807) is 6.08 Å². The highest BCUT2D eigenvalue weighted by atomic mass is 16.1. The van der Waals surface area contributed by atoms with Gasteiger partial charge in [-0.2, -0.15) is 0 Å². The molecule has 0 unspecified atom stereocenters. The summed E-state index contributed by atoms with van der Waals surface area (Å²) in [4.78, 5) is 9.81. The van der Waals surface area contributed by atoms with Gasteiger partial charge in [0.1, 0.15) is 6.29 Å². The first-order chi connectivity index (χ1) is 4.56. The van der Waals surface area contributed by atoms with Crippen molar-refractivity contribution in [3.8, 4) is 0 Å². The van der Waals surface area contributed by atoms with Gasteiger partial charge in [-0.15, -0.1) is 0 Å². The van der Waals surface area contributed by atoms with E-state index in [4.69, 9.17) is 0 Å². The monoisotopic (exact) mass is 138 g/mol. The summed E-state index contributed by atoms with van der Waals surface area (Å²) in [6, 6.07) is 0. The number of carbonyl (C=O) groups excluding carboxylic acids is 1. The van der Waals surface area contributed by atoms with Crippen LogP contribution in [0, 0.1) is 5.41 Å². The van der Waals surface area contributed by atoms with Crippen LogP contribution in [0.1, 0.15) is 20.8 Å². The molecule has 0 fully saturated rings. The largest absolute Gasteiger partial charge is 0.299 e. The first-order valence-electron chi connectivity index (χ1n) is 3.36. The molecule has 1 nitrogen and oxygen atoms in total. The molecule has 0 rings (SSSR count). The topological polar surface area (TPSA) is 17.1 Å². The minimum atomic E-state index is 0.202. The van der Waals surface area contributed by atoms with Crippen LogP contribution >= 0.6 is 0 Å². The second-order valence-electron chi connectivity index (χ2n) is 3.25. The minimum absolute atomic E-state index is 0.202. The SMILES string of the molecule is CC(C)(C)/C=C/C=C/C=O. The molecule has 0 aliphatic rings. The van der Waals surface area contributed by atoms with Crippen LogP contribution in [0.3, 0.4) is 0 Å². The van der Waals surface area contributed by atoms with Crippen LogP contribution in [-0.2, 0) is 4.79 Å². The molecule has 1 heteroatoms. The maximum absolute atomic E-state index is 9.81. The van der Waals surface area contributed by atoms with Gasteiger partial charge in [0, 0.05) is 0 Å². The Morgan fingerprint density at radius 2 is 1.60 bits per heavy atom. The van der Waals surface area contributed by atoms with Crippen LogP contribution in [-0.4, -0.2) is 6.29 Å². The first kappa shape index (κ1) is 9.15. The lowest BCUT2D eigenvalue weighted by Gasteiger charge is -2.09. The first-order valence-corrected chi connectivity index (χ1v) is 3.36. The Balaban J connectivity index is 3.77. The third kappa shape index (κ3) is 7.15. The van der Waals surface area contributed by atoms with E-state index >= 15 is 0 Å². The van der Waals surface area contributed by atoms with Crippen molar-refractivity contribution in [2.24, 2.45) is 5.41 Å². The normalized spacial score (nSPS) is 13.1. The van der Waals surface area contributed by atoms with Gasteiger partial charge in [-0.1, -0.05) is 39.0 Å². The molecule has 0 spiro atoms. The number of carbonyl (C=O) groups is 1. The molecule has 0 amide bonds. The molecule has 56 valence electrons. The van der Waals surface area contributed by atoms with Gasteiger partial charge >= 0.3 is 0 Å². The lowest BCUT2D eigenvalue weighted by atomic mass is 9.96. The second-order valence-corrected chi connectivity index (χ2v) is 3.25. The van der Waals surface area contributed by atoms with E-state index in [9.17, 15) is 4.79 Å². The highest BCUT2D eigenvalue weighted by molar-refractivity contribution is 5.65. The number of hydrogen-bond acceptors (Lipinski definition) is 1. The highest BCUT2D eigenvalue weighted by Crippen LogP contribution is 2.13. The molecule has 0 aliphatic carbocycles. The molecule has 0 saturated carbocycles. The van der Waals surface area contributed by atoms with E-state index in [0.29, 0.717) is 0 Å². The average molecular weight is 138 g/mol. The van der Waals surface area contributed by atoms with Gasteiger partial charge in [-0.25, -0.2) is 0 Å². The maximum Gasteiger partial charge on any atom is 0.142 e. The fourth-order valence-corrected chi connectivity index (χ4v) is 0.454. The van der Waals surface area contributed by atoms with Gasteiger partial charge in [0.2, 0.25) is 0 Å². The van der Waals surface area contributed by atoms with Gasteiger partial charge < -0.3 is 0 Å². The molecular formula is C9H14O. The van der Waals surface area contributed by atoms with Gasteiger partial charge in [-0.3, -0.25) is 4.79 Å². The summed E-state index contributed by atoms with van der Waals surface area (Å²) in [5, 5.41) is 0. The second kappa shape index (κ2) is 4.04. The van der Waals surface area contributed by atoms with Gasteiger partial charge in [0.15, 0.2) is 0 Å². The zero-order valence-electron chi connectivity index (χ0n) is 6.79. The third-order valence-electron chi connectivity index (χ3n) is 0.897. The van der Waals surface area contributed by atoms with E-state index < -0.39 is 0 Å². The lowest BCUT2D eigenvalue weighted by molar-refractivity contribution is -0.104. The molecule has 10 heavy (non-hydrogen) atoms. The van der Waals surface area contributed by atoms with Crippen molar-refractivity contribution in [2.75, 3.05) is 0 Å². The van der Waals surface area contributed by atoms with Crippen molar-refractivity contribution in [3.63, 3.8) is 0 Å². The summed E-state index contributed by atoms with van der Waals surface area (Å²) in [6.45, 7) is 6.33. The average Bonchev–Trinajstić information content (AvgIpc) is 1.78. The van der Waals surface area contributed by atoms with E-state index in [1.165, 1.54) is 6.08 Å². The van der Waals surface area contributed by atoms with E-state index in [0.717, 1.165) is 6.29 Å². The van der Waals surface area contributed by atoms with Gasteiger partial charge in [0.25, 0.3) is 0 Å². The smallest absolute Gasteiger partial charge is 0.142 e. The molecule has 0 atom stereocenters. The molecule has 0 aliphatic heterocycles. The fraction of sp³-hybridized carbons (Fsp3) is 0.444. The van der Waals surface area contributed by atoms with Crippen molar-refractivity contribution in [2.45, 2.75) is 20.8 Å². The summed E-state index contributed by atoms with van der Waals surface area (Å²) in [6.07, 6.45) is 7.91. The van der Waals surface area contributed by atoms with Crippen molar-refractivity contribution in [3.05, 3.63) is 24.3 Å². The number of aldehydes is 1. The van der Waals surface area contributed by atoms with E-state index in [-0.39, 0.29) is 5.41 Å². The predicted octanol–water partition coefficient (Wildman–Crippen LogP) is 2.34. The Morgan fingerprint density at radius 1 is 1.00 bits per heavy atom. The Morgan fingerprint density at radius 3 is 2.00 bits per heavy atom. The molecule has 0 bridgehead atoms. The minimum Gasteiger partial charge on any atom is -0.299 e. The quantitative estimate of drug-likeness (QED) is 0.325. The third-order valence-corrected chi connectivity index (χ3v) is 0.897. The van der Waals surface area contributed by atoms with Crippen LogP contribution in [0.15, 0.2) is 24.3 Å². The maximum atomic E-state index is 9.81. The number of allylic oxidation sites excluding steroid dienone is 4. The van der Waals surface area contributed by atoms with Gasteiger partial charge in [-0.05, 0) is 11.5 Å². The van der Waals surface area contributed by atoms with Crippen molar-refractivity contribution >= 4 is 6.29 Å². The predicted molar refractivity (Wildman–Crippen MR) is 43.8 cm³/mol. The lowest BCUT2D eigenvalue weighted by Crippen LogP contribution is -1.97. The zero-order valence-corrected chi connectivity index (χ0v) is 6.79. The summed E-state index contributed by atoms with van der Waals surface area (Å²) in [5.74, 6) is 0. The summed E-state index contributed by atoms with van der Waals surface area (Å²) >= 11 is 0. The van der Waals surface area contributed by atoms with Crippen molar-refractivity contribution < 1.29 is 4.79 Å². The Kier molecular flexibility index (Phi) is 3.70. The van der Waals surface area contributed by atoms with Crippen LogP contribution in [0.2, 0.25) is 0 Å². The fourth-order valence-electron chi connectivity index (χ4n) is 0.454. The van der Waals surface area contributed by atoms with E-state index in [2.05, 4.69) is 20.8 Å². The molecule has 0 heterocycles. The summed E-state index contributed by atoms with van der Waals surface area (Å²) in [5.41, 5.74) is 0.202. The van der Waals surface area contributed by atoms with Crippen LogP contribution in [0.5, 0.6) is 0 Å². The Bertz CT molecular complexity index is 147. The zero-order chi connectivity index (χ0) is 8.04. The van der Waals surface area contributed by atoms with Crippen molar-refractivity contribution in [1.82, 2.24) is 0 Å². The molecule has 0 aromatic rings. The molecule has 0 radical (unpaired) electrons. The molecule has 0 aromatic carbocycles. The summed E-state index contributed by atoms with van der Waals surface area (Å²) < 4.78 is 0. The molecule has 0 aromatic heterocycles. The number of hydrogen-bond donors (Lipinski definition) is 0. The van der Waals surface area contributed by atoms with Gasteiger partial charge in [0.05, 0.1) is 0 Å². The van der Waals surface area contributed by atoms with Crippen LogP contribution in [0.4, 0.5) is 0 Å². The van der Waals surface area contributed by atoms with Crippen LogP contribution in [0.25, 0.3) is 0 Å². The summed E-state index contributed by atoms with van der Waals surface area (Å²) in [7, 11) is 0. The Labute approximate surface area is 62.4 Å². The van der Waals surface area contributed by atoms with E-state index in [1.807, 2.05) is 12.2 Å². The van der Waals surface area contributed by atoms with Crippen LogP contribution < -0.4 is 0 Å². The number of rotatable bonds is 2. The molecule has 0 N–H and O–H groups in total. The Hall–Kier alpha value is -0.850. The molecule has 0 saturated heterocycles. The standard InChI is InChI=1S/C9H14O/c1-9(2,3)7-5-4-6-8-10/h4-8H,1-3H3/b6-4+,7-5+. The molecular weight excluding hydrogens is 124 g/mol. The highest BCUT2D eigenvalue weighted by Gasteiger charge is 2.01. The van der Waals surface area contributed by atoms with Crippen molar-refractivity contribution in [1.29, 1.82) is 0 Å².